The van der Waals surface area contributed by atoms with Crippen molar-refractivity contribution in [3.8, 4) is 11.5 Å². The summed E-state index contributed by atoms with van der Waals surface area (Å²) in [4.78, 5) is 0. The molecule has 0 unspecified atom stereocenters. The van der Waals surface area contributed by atoms with Gasteiger partial charge < -0.3 is 9.84 Å². The Morgan fingerprint density at radius 3 is 2.33 bits per heavy atom. The van der Waals surface area contributed by atoms with E-state index in [0.717, 1.165) is 11.1 Å². The summed E-state index contributed by atoms with van der Waals surface area (Å²) in [5.41, 5.74) is 5.50. The Labute approximate surface area is 111 Å². The first kappa shape index (κ1) is 15.0. The van der Waals surface area contributed by atoms with Crippen molar-refractivity contribution in [2.24, 2.45) is 0 Å². The lowest BCUT2D eigenvalue weighted by Gasteiger charge is -2.09. The molecule has 0 aliphatic carbocycles. The Morgan fingerprint density at radius 2 is 1.83 bits per heavy atom. The summed E-state index contributed by atoms with van der Waals surface area (Å²) < 4.78 is 5.45. The molecule has 0 bridgehead atoms. The highest BCUT2D eigenvalue weighted by Gasteiger charge is 2.07. The van der Waals surface area contributed by atoms with Crippen molar-refractivity contribution in [1.82, 2.24) is 0 Å². The molecule has 1 rings (SSSR count). The zero-order chi connectivity index (χ0) is 13.6. The fourth-order valence-electron chi connectivity index (χ4n) is 1.24. The first-order chi connectivity index (χ1) is 8.40. The van der Waals surface area contributed by atoms with Gasteiger partial charge in [-0.15, -0.1) is 5.54 Å². The lowest BCUT2D eigenvalue weighted by molar-refractivity contribution is 0.0145. The zero-order valence-electron chi connectivity index (χ0n) is 11.7. The predicted molar refractivity (Wildman–Crippen MR) is 78.0 cm³/mol. The van der Waals surface area contributed by atoms with Gasteiger partial charge in [-0.05, 0) is 24.6 Å². The summed E-state index contributed by atoms with van der Waals surface area (Å²) in [6, 6.07) is 8.10. The number of aliphatic hydroxyl groups excluding tert-OH is 1. The molecule has 3 heteroatoms. The van der Waals surface area contributed by atoms with Crippen LogP contribution in [0, 0.1) is 11.5 Å². The van der Waals surface area contributed by atoms with Crippen LogP contribution >= 0.6 is 0 Å². The molecule has 1 atom stereocenters. The molecular formula is C15H22O2Si. The SMILES string of the molecule is C[C@@H](CO)OCc1ccc(C#C[Si](C)(C)C)cc1. The van der Waals surface area contributed by atoms with E-state index in [9.17, 15) is 0 Å². The van der Waals surface area contributed by atoms with Gasteiger partial charge >= 0.3 is 0 Å². The van der Waals surface area contributed by atoms with Crippen LogP contribution in [0.15, 0.2) is 24.3 Å². The molecule has 0 saturated carbocycles. The molecule has 1 N–H and O–H groups in total. The number of rotatable bonds is 4. The van der Waals surface area contributed by atoms with Crippen molar-refractivity contribution < 1.29 is 9.84 Å². The fraction of sp³-hybridized carbons (Fsp3) is 0.467. The topological polar surface area (TPSA) is 29.5 Å². The van der Waals surface area contributed by atoms with Crippen molar-refractivity contribution in [2.75, 3.05) is 6.61 Å². The van der Waals surface area contributed by atoms with Crippen LogP contribution in [0.25, 0.3) is 0 Å². The van der Waals surface area contributed by atoms with E-state index in [2.05, 4.69) is 31.1 Å². The van der Waals surface area contributed by atoms with Gasteiger partial charge in [0.1, 0.15) is 8.07 Å². The standard InChI is InChI=1S/C15H22O2Si/c1-13(11-16)17-12-15-7-5-14(6-8-15)9-10-18(2,3)4/h5-8,13,16H,11-12H2,1-4H3/t13-/m0/s1. The lowest BCUT2D eigenvalue weighted by Crippen LogP contribution is -2.16. The second kappa shape index (κ2) is 6.74. The summed E-state index contributed by atoms with van der Waals surface area (Å²) in [7, 11) is -1.30. The molecule has 1 aromatic carbocycles. The van der Waals surface area contributed by atoms with E-state index in [1.54, 1.807) is 0 Å². The average Bonchev–Trinajstić information content (AvgIpc) is 2.33. The maximum atomic E-state index is 8.86. The van der Waals surface area contributed by atoms with Gasteiger partial charge in [-0.3, -0.25) is 0 Å². The highest BCUT2D eigenvalue weighted by molar-refractivity contribution is 6.83. The highest BCUT2D eigenvalue weighted by atomic mass is 28.3. The molecule has 0 aromatic heterocycles. The van der Waals surface area contributed by atoms with Crippen molar-refractivity contribution in [1.29, 1.82) is 0 Å². The van der Waals surface area contributed by atoms with Crippen molar-refractivity contribution >= 4 is 8.07 Å². The molecule has 18 heavy (non-hydrogen) atoms. The molecule has 0 aliphatic heterocycles. The molecule has 0 spiro atoms. The van der Waals surface area contributed by atoms with Crippen LogP contribution < -0.4 is 0 Å². The number of hydrogen-bond donors (Lipinski definition) is 1. The molecule has 2 nitrogen and oxygen atoms in total. The zero-order valence-corrected chi connectivity index (χ0v) is 12.7. The maximum Gasteiger partial charge on any atom is 0.129 e. The third-order valence-electron chi connectivity index (χ3n) is 2.33. The third-order valence-corrected chi connectivity index (χ3v) is 3.20. The van der Waals surface area contributed by atoms with E-state index in [1.807, 2.05) is 31.2 Å². The van der Waals surface area contributed by atoms with Gasteiger partial charge in [0.25, 0.3) is 0 Å². The summed E-state index contributed by atoms with van der Waals surface area (Å²) in [5, 5.41) is 8.86. The van der Waals surface area contributed by atoms with Crippen LogP contribution in [0.5, 0.6) is 0 Å². The Morgan fingerprint density at radius 1 is 1.22 bits per heavy atom. The Balaban J connectivity index is 2.60. The second-order valence-electron chi connectivity index (χ2n) is 5.50. The molecule has 0 radical (unpaired) electrons. The maximum absolute atomic E-state index is 8.86. The van der Waals surface area contributed by atoms with E-state index in [1.165, 1.54) is 0 Å². The minimum absolute atomic E-state index is 0.0553. The Bertz CT molecular complexity index is 421. The summed E-state index contributed by atoms with van der Waals surface area (Å²) in [6.45, 7) is 9.15. The number of benzene rings is 1. The second-order valence-corrected chi connectivity index (χ2v) is 10.3. The van der Waals surface area contributed by atoms with E-state index >= 15 is 0 Å². The monoisotopic (exact) mass is 262 g/mol. The van der Waals surface area contributed by atoms with E-state index < -0.39 is 8.07 Å². The van der Waals surface area contributed by atoms with Crippen LogP contribution in [0.4, 0.5) is 0 Å². The molecule has 0 heterocycles. The van der Waals surface area contributed by atoms with Crippen LogP contribution in [-0.4, -0.2) is 25.9 Å². The lowest BCUT2D eigenvalue weighted by atomic mass is 10.1. The smallest absolute Gasteiger partial charge is 0.129 e. The molecule has 0 saturated heterocycles. The van der Waals surface area contributed by atoms with Crippen LogP contribution in [0.2, 0.25) is 19.6 Å². The first-order valence-electron chi connectivity index (χ1n) is 6.25. The Hall–Kier alpha value is -1.08. The van der Waals surface area contributed by atoms with Gasteiger partial charge in [0, 0.05) is 5.56 Å². The quantitative estimate of drug-likeness (QED) is 0.668. The molecule has 1 aromatic rings. The molecule has 98 valence electrons. The van der Waals surface area contributed by atoms with Crippen molar-refractivity contribution in [3.63, 3.8) is 0 Å². The largest absolute Gasteiger partial charge is 0.394 e. The average molecular weight is 262 g/mol. The van der Waals surface area contributed by atoms with Crippen molar-refractivity contribution in [2.45, 2.75) is 39.3 Å². The van der Waals surface area contributed by atoms with Crippen molar-refractivity contribution in [3.05, 3.63) is 35.4 Å². The highest BCUT2D eigenvalue weighted by Crippen LogP contribution is 2.07. The summed E-state index contributed by atoms with van der Waals surface area (Å²) in [6.07, 6.45) is -0.114. The first-order valence-corrected chi connectivity index (χ1v) is 9.75. The van der Waals surface area contributed by atoms with E-state index in [4.69, 9.17) is 9.84 Å². The predicted octanol–water partition coefficient (Wildman–Crippen LogP) is 2.81. The summed E-state index contributed by atoms with van der Waals surface area (Å²) in [5.74, 6) is 3.22. The fourth-order valence-corrected chi connectivity index (χ4v) is 1.75. The number of hydrogen-bond acceptors (Lipinski definition) is 2. The van der Waals surface area contributed by atoms with Gasteiger partial charge in [0.2, 0.25) is 0 Å². The third kappa shape index (κ3) is 6.01. The van der Waals surface area contributed by atoms with E-state index in [0.29, 0.717) is 6.61 Å². The van der Waals surface area contributed by atoms with E-state index in [-0.39, 0.29) is 12.7 Å². The molecule has 0 aliphatic rings. The normalized spacial score (nSPS) is 12.7. The van der Waals surface area contributed by atoms with Gasteiger partial charge in [-0.25, -0.2) is 0 Å². The van der Waals surface area contributed by atoms with Gasteiger partial charge in [0.05, 0.1) is 19.3 Å². The number of aliphatic hydroxyl groups is 1. The molecule has 0 amide bonds. The van der Waals surface area contributed by atoms with Gasteiger partial charge in [-0.1, -0.05) is 37.7 Å². The minimum Gasteiger partial charge on any atom is -0.394 e. The van der Waals surface area contributed by atoms with Crippen LogP contribution in [0.3, 0.4) is 0 Å². The minimum atomic E-state index is -1.30. The molecular weight excluding hydrogens is 240 g/mol. The molecule has 0 fully saturated rings. The van der Waals surface area contributed by atoms with Gasteiger partial charge in [0.15, 0.2) is 0 Å². The van der Waals surface area contributed by atoms with Crippen LogP contribution in [-0.2, 0) is 11.3 Å². The van der Waals surface area contributed by atoms with Crippen LogP contribution in [0.1, 0.15) is 18.1 Å². The Kier molecular flexibility index (Phi) is 5.61. The summed E-state index contributed by atoms with van der Waals surface area (Å²) >= 11 is 0. The number of ether oxygens (including phenoxy) is 1. The van der Waals surface area contributed by atoms with Gasteiger partial charge in [-0.2, -0.15) is 0 Å².